The van der Waals surface area contributed by atoms with Gasteiger partial charge in [-0.3, -0.25) is 9.59 Å². The molecule has 3 rings (SSSR count). The van der Waals surface area contributed by atoms with E-state index in [9.17, 15) is 14.7 Å². The summed E-state index contributed by atoms with van der Waals surface area (Å²) >= 11 is 0. The van der Waals surface area contributed by atoms with Gasteiger partial charge >= 0.3 is 0 Å². The summed E-state index contributed by atoms with van der Waals surface area (Å²) in [5.74, 6) is -0.113. The number of carbonyl (C=O) groups is 2. The number of rotatable bonds is 5. The smallest absolute Gasteiger partial charge is 0.223 e. The molecule has 2 bridgehead atoms. The molecule has 0 fully saturated rings. The zero-order valence-electron chi connectivity index (χ0n) is 22.7. The van der Waals surface area contributed by atoms with E-state index in [0.717, 1.165) is 29.7 Å². The van der Waals surface area contributed by atoms with Crippen molar-refractivity contribution >= 4 is 11.8 Å². The molecule has 2 aromatic carbocycles. The first-order chi connectivity index (χ1) is 17.6. The number of carbonyl (C=O) groups excluding carboxylic acids is 2. The lowest BCUT2D eigenvalue weighted by atomic mass is 9.86. The van der Waals surface area contributed by atoms with Crippen molar-refractivity contribution < 1.29 is 19.4 Å². The number of aliphatic hydroxyl groups excluding tert-OH is 1. The summed E-state index contributed by atoms with van der Waals surface area (Å²) < 4.78 is 5.88. The fraction of sp³-hybridized carbons (Fsp3) is 0.533. The van der Waals surface area contributed by atoms with Gasteiger partial charge in [-0.25, -0.2) is 0 Å². The Balaban J connectivity index is 1.70. The molecular weight excluding hydrogens is 466 g/mol. The van der Waals surface area contributed by atoms with Crippen LogP contribution >= 0.6 is 0 Å². The molecule has 37 heavy (non-hydrogen) atoms. The lowest BCUT2D eigenvalue weighted by molar-refractivity contribution is -0.130. The second-order valence-electron chi connectivity index (χ2n) is 11.1. The zero-order valence-corrected chi connectivity index (χ0v) is 22.7. The van der Waals surface area contributed by atoms with Crippen molar-refractivity contribution in [2.75, 3.05) is 19.7 Å². The number of hydrogen-bond acceptors (Lipinski definition) is 5. The highest BCUT2D eigenvalue weighted by Crippen LogP contribution is 2.23. The number of fused-ring (bicyclic) bond motifs is 2. The van der Waals surface area contributed by atoms with Crippen LogP contribution < -0.4 is 20.7 Å². The van der Waals surface area contributed by atoms with E-state index in [0.29, 0.717) is 32.7 Å². The second-order valence-corrected chi connectivity index (χ2v) is 11.1. The average Bonchev–Trinajstić information content (AvgIpc) is 2.85. The lowest BCUT2D eigenvalue weighted by Crippen LogP contribution is -2.50. The molecule has 3 atom stereocenters. The van der Waals surface area contributed by atoms with Gasteiger partial charge in [-0.2, -0.15) is 0 Å². The minimum atomic E-state index is -0.820. The van der Waals surface area contributed by atoms with Crippen LogP contribution in [-0.4, -0.2) is 48.8 Å². The van der Waals surface area contributed by atoms with E-state index in [2.05, 4.69) is 61.0 Å². The average molecular weight is 510 g/mol. The number of nitrogens with one attached hydrogen (secondary N) is 3. The molecule has 2 aromatic rings. The van der Waals surface area contributed by atoms with Gasteiger partial charge in [-0.05, 0) is 53.5 Å². The van der Waals surface area contributed by atoms with Crippen molar-refractivity contribution in [2.24, 2.45) is 5.92 Å². The third kappa shape index (κ3) is 9.48. The monoisotopic (exact) mass is 509 g/mol. The highest BCUT2D eigenvalue weighted by molar-refractivity contribution is 5.85. The van der Waals surface area contributed by atoms with Crippen LogP contribution in [0, 0.1) is 5.92 Å². The van der Waals surface area contributed by atoms with Crippen LogP contribution in [-0.2, 0) is 28.0 Å². The van der Waals surface area contributed by atoms with Crippen molar-refractivity contribution in [1.82, 2.24) is 16.0 Å². The molecule has 2 amide bonds. The summed E-state index contributed by atoms with van der Waals surface area (Å²) in [5.41, 5.74) is 3.44. The Bertz CT molecular complexity index is 1030. The number of benzene rings is 2. The van der Waals surface area contributed by atoms with Gasteiger partial charge in [0.25, 0.3) is 0 Å². The Morgan fingerprint density at radius 3 is 2.65 bits per heavy atom. The van der Waals surface area contributed by atoms with E-state index in [1.807, 2.05) is 24.3 Å². The Labute approximate surface area is 221 Å². The molecule has 0 saturated carbocycles. The molecule has 0 aromatic heterocycles. The molecule has 0 radical (unpaired) electrons. The van der Waals surface area contributed by atoms with Crippen molar-refractivity contribution in [3.63, 3.8) is 0 Å². The maximum absolute atomic E-state index is 13.0. The number of hydrogen-bond donors (Lipinski definition) is 4. The van der Waals surface area contributed by atoms with Gasteiger partial charge in [0.1, 0.15) is 5.75 Å². The zero-order chi connectivity index (χ0) is 26.8. The molecule has 7 heteroatoms. The Morgan fingerprint density at radius 2 is 1.86 bits per heavy atom. The molecule has 202 valence electrons. The van der Waals surface area contributed by atoms with Gasteiger partial charge in [0, 0.05) is 32.0 Å². The van der Waals surface area contributed by atoms with Crippen LogP contribution in [0.25, 0.3) is 0 Å². The number of amides is 2. The van der Waals surface area contributed by atoms with Crippen LogP contribution in [0.1, 0.15) is 63.6 Å². The van der Waals surface area contributed by atoms with Crippen LogP contribution in [0.5, 0.6) is 5.75 Å². The van der Waals surface area contributed by atoms with E-state index < -0.39 is 18.1 Å². The minimum Gasteiger partial charge on any atom is -0.494 e. The predicted molar refractivity (Wildman–Crippen MR) is 146 cm³/mol. The maximum atomic E-state index is 13.0. The quantitative estimate of drug-likeness (QED) is 0.495. The van der Waals surface area contributed by atoms with Crippen molar-refractivity contribution in [1.29, 1.82) is 0 Å². The van der Waals surface area contributed by atoms with Crippen molar-refractivity contribution in [3.05, 3.63) is 65.2 Å². The predicted octanol–water partition coefficient (Wildman–Crippen LogP) is 3.48. The van der Waals surface area contributed by atoms with Gasteiger partial charge < -0.3 is 25.8 Å². The second kappa shape index (κ2) is 13.6. The van der Waals surface area contributed by atoms with E-state index in [1.54, 1.807) is 6.92 Å². The van der Waals surface area contributed by atoms with Gasteiger partial charge in [0.2, 0.25) is 11.8 Å². The third-order valence-corrected chi connectivity index (χ3v) is 6.72. The van der Waals surface area contributed by atoms with Crippen LogP contribution in [0.2, 0.25) is 0 Å². The van der Waals surface area contributed by atoms with Gasteiger partial charge in [-0.15, -0.1) is 0 Å². The van der Waals surface area contributed by atoms with Crippen molar-refractivity contribution in [3.8, 4) is 5.75 Å². The normalized spacial score (nSPS) is 20.9. The molecule has 1 heterocycles. The summed E-state index contributed by atoms with van der Waals surface area (Å²) in [5, 5.41) is 20.4. The standard InChI is InChI=1S/C30H43N3O4/c1-21-15-28(35)32-13-5-6-14-37-25-12-8-9-22(17-25)18-26(33-29(21)36)27(34)20-31-19-23-10-7-11-24(16-23)30(2,3)4/h7-12,16-17,21,26-27,31,34H,5-6,13-15,18-20H2,1-4H3,(H,32,35)(H,33,36)/t21-,26-,27+/m0/s1. The first kappa shape index (κ1) is 28.7. The molecule has 0 unspecified atom stereocenters. The number of aliphatic hydroxyl groups is 1. The minimum absolute atomic E-state index is 0.0648. The maximum Gasteiger partial charge on any atom is 0.223 e. The Kier molecular flexibility index (Phi) is 10.5. The molecule has 0 aliphatic carbocycles. The van der Waals surface area contributed by atoms with Crippen LogP contribution in [0.4, 0.5) is 0 Å². The highest BCUT2D eigenvalue weighted by Gasteiger charge is 2.25. The summed E-state index contributed by atoms with van der Waals surface area (Å²) in [6.45, 7) is 10.4. The van der Waals surface area contributed by atoms with Gasteiger partial charge in [0.05, 0.1) is 18.8 Å². The first-order valence-electron chi connectivity index (χ1n) is 13.4. The summed E-state index contributed by atoms with van der Waals surface area (Å²) in [4.78, 5) is 25.2. The van der Waals surface area contributed by atoms with Crippen LogP contribution in [0.15, 0.2) is 48.5 Å². The number of ether oxygens (including phenoxy) is 1. The van der Waals surface area contributed by atoms with E-state index >= 15 is 0 Å². The SMILES string of the molecule is C[C@H]1CC(=O)NCCCCOc2cccc(c2)C[C@@H]([C@H](O)CNCc2cccc(C(C)(C)C)c2)NC1=O. The highest BCUT2D eigenvalue weighted by atomic mass is 16.5. The first-order valence-corrected chi connectivity index (χ1v) is 13.4. The van der Waals surface area contributed by atoms with E-state index in [-0.39, 0.29) is 23.7 Å². The molecule has 1 aliphatic rings. The largest absolute Gasteiger partial charge is 0.494 e. The van der Waals surface area contributed by atoms with Gasteiger partial charge in [-0.1, -0.05) is 64.1 Å². The fourth-order valence-corrected chi connectivity index (χ4v) is 4.37. The van der Waals surface area contributed by atoms with E-state index in [1.165, 1.54) is 5.56 Å². The Morgan fingerprint density at radius 1 is 1.08 bits per heavy atom. The third-order valence-electron chi connectivity index (χ3n) is 6.72. The molecule has 7 nitrogen and oxygen atoms in total. The topological polar surface area (TPSA) is 99.7 Å². The molecule has 4 N–H and O–H groups in total. The molecule has 1 aliphatic heterocycles. The summed E-state index contributed by atoms with van der Waals surface area (Å²) in [7, 11) is 0. The fourth-order valence-electron chi connectivity index (χ4n) is 4.37. The van der Waals surface area contributed by atoms with E-state index in [4.69, 9.17) is 4.74 Å². The molecular formula is C30H43N3O4. The van der Waals surface area contributed by atoms with Crippen LogP contribution in [0.3, 0.4) is 0 Å². The lowest BCUT2D eigenvalue weighted by Gasteiger charge is -2.26. The Hall–Kier alpha value is -2.90. The summed E-state index contributed by atoms with van der Waals surface area (Å²) in [6, 6.07) is 15.7. The van der Waals surface area contributed by atoms with Gasteiger partial charge in [0.15, 0.2) is 0 Å². The molecule has 0 spiro atoms. The van der Waals surface area contributed by atoms with Crippen molar-refractivity contribution in [2.45, 2.75) is 77.5 Å². The molecule has 0 saturated heterocycles. The summed E-state index contributed by atoms with van der Waals surface area (Å²) in [6.07, 6.45) is 1.38.